The zero-order valence-corrected chi connectivity index (χ0v) is 10.1. The molecule has 5 nitrogen and oxygen atoms in total. The third-order valence-corrected chi connectivity index (χ3v) is 2.04. The summed E-state index contributed by atoms with van der Waals surface area (Å²) in [5.74, 6) is 0.771. The van der Waals surface area contributed by atoms with Crippen LogP contribution < -0.4 is 10.1 Å². The van der Waals surface area contributed by atoms with Crippen molar-refractivity contribution >= 4 is 7.32 Å². The molecule has 0 fully saturated rings. The third kappa shape index (κ3) is 6.28. The Labute approximate surface area is 102 Å². The molecule has 0 aliphatic rings. The van der Waals surface area contributed by atoms with Gasteiger partial charge in [-0.15, -0.1) is 0 Å². The lowest BCUT2D eigenvalue weighted by molar-refractivity contribution is 0.0635. The molecule has 1 rings (SSSR count). The summed E-state index contributed by atoms with van der Waals surface area (Å²) < 4.78 is 10.3. The quantitative estimate of drug-likeness (QED) is 0.364. The monoisotopic (exact) mass is 239 g/mol. The Balaban J connectivity index is 2.31. The number of ether oxygens (including phenoxy) is 1. The lowest BCUT2D eigenvalue weighted by Gasteiger charge is -2.27. The van der Waals surface area contributed by atoms with Crippen LogP contribution in [0.1, 0.15) is 13.8 Å². The van der Waals surface area contributed by atoms with Crippen LogP contribution in [0, 0.1) is 0 Å². The minimum Gasteiger partial charge on any atom is -0.473 e. The maximum atomic E-state index is 8.49. The van der Waals surface area contributed by atoms with Crippen molar-refractivity contribution < 1.29 is 19.4 Å². The molecule has 0 heterocycles. The first kappa shape index (κ1) is 14.0. The first-order valence-corrected chi connectivity index (χ1v) is 5.46. The van der Waals surface area contributed by atoms with Crippen molar-refractivity contribution in [2.45, 2.75) is 19.6 Å². The van der Waals surface area contributed by atoms with E-state index in [0.717, 1.165) is 5.75 Å². The number of hydrogen-bond acceptors (Lipinski definition) is 5. The predicted molar refractivity (Wildman–Crippen MR) is 65.3 cm³/mol. The van der Waals surface area contributed by atoms with E-state index in [9.17, 15) is 0 Å². The fourth-order valence-corrected chi connectivity index (χ4v) is 1.34. The van der Waals surface area contributed by atoms with Gasteiger partial charge in [0.1, 0.15) is 5.75 Å². The average molecular weight is 239 g/mol. The van der Waals surface area contributed by atoms with E-state index >= 15 is 0 Å². The predicted octanol–water partition coefficient (Wildman–Crippen LogP) is 0.377. The summed E-state index contributed by atoms with van der Waals surface area (Å²) in [6.45, 7) is 4.42. The normalized spacial score (nSPS) is 11.3. The van der Waals surface area contributed by atoms with Gasteiger partial charge in [0.15, 0.2) is 5.72 Å². The molecule has 0 saturated carbocycles. The van der Waals surface area contributed by atoms with Gasteiger partial charge in [-0.2, -0.15) is 0 Å². The van der Waals surface area contributed by atoms with Crippen LogP contribution in [0.15, 0.2) is 30.3 Å². The number of nitrogens with one attached hydrogen (secondary N) is 1. The summed E-state index contributed by atoms with van der Waals surface area (Å²) >= 11 is 0. The summed E-state index contributed by atoms with van der Waals surface area (Å²) in [6.07, 6.45) is 0. The maximum Gasteiger partial charge on any atom is 0.633 e. The van der Waals surface area contributed by atoms with E-state index < -0.39 is 13.0 Å². The Morgan fingerprint density at radius 1 is 1.24 bits per heavy atom. The van der Waals surface area contributed by atoms with Crippen molar-refractivity contribution in [3.05, 3.63) is 30.3 Å². The van der Waals surface area contributed by atoms with Crippen LogP contribution in [0.3, 0.4) is 0 Å². The van der Waals surface area contributed by atoms with E-state index in [4.69, 9.17) is 14.8 Å². The molecule has 0 atom stereocenters. The molecule has 0 radical (unpaired) electrons. The van der Waals surface area contributed by atoms with E-state index in [1.54, 1.807) is 0 Å². The number of hydrogen-bond donors (Lipinski definition) is 3. The van der Waals surface area contributed by atoms with Gasteiger partial charge in [0, 0.05) is 13.2 Å². The first-order valence-electron chi connectivity index (χ1n) is 5.46. The summed E-state index contributed by atoms with van der Waals surface area (Å²) in [5.41, 5.74) is -0.550. The molecule has 0 amide bonds. The highest BCUT2D eigenvalue weighted by Gasteiger charge is 2.18. The lowest BCUT2D eigenvalue weighted by atomic mass is 10.2. The largest absolute Gasteiger partial charge is 0.633 e. The van der Waals surface area contributed by atoms with Crippen LogP contribution in [0.25, 0.3) is 0 Å². The van der Waals surface area contributed by atoms with E-state index in [1.165, 1.54) is 0 Å². The summed E-state index contributed by atoms with van der Waals surface area (Å²) in [6, 6.07) is 9.46. The fraction of sp³-hybridized carbons (Fsp3) is 0.455. The molecule has 1 aromatic rings. The number of rotatable bonds is 7. The van der Waals surface area contributed by atoms with Gasteiger partial charge in [0.05, 0.1) is 0 Å². The standard InChI is InChI=1S/C11H18BNO4/c1-11(2,13-8-9-16-12(14)15)17-10-6-4-3-5-7-10/h3-7,13-15H,8-9H2,1-2H3. The maximum absolute atomic E-state index is 8.49. The van der Waals surface area contributed by atoms with Gasteiger partial charge in [-0.3, -0.25) is 5.32 Å². The molecule has 1 aromatic carbocycles. The lowest BCUT2D eigenvalue weighted by Crippen LogP contribution is -2.46. The van der Waals surface area contributed by atoms with Gasteiger partial charge in [-0.25, -0.2) is 0 Å². The molecular formula is C11H18BNO4. The second-order valence-corrected chi connectivity index (χ2v) is 4.05. The molecular weight excluding hydrogens is 221 g/mol. The average Bonchev–Trinajstić information content (AvgIpc) is 2.25. The minimum absolute atomic E-state index is 0.194. The Morgan fingerprint density at radius 3 is 2.47 bits per heavy atom. The topological polar surface area (TPSA) is 71.0 Å². The van der Waals surface area contributed by atoms with Gasteiger partial charge >= 0.3 is 7.32 Å². The van der Waals surface area contributed by atoms with Crippen molar-refractivity contribution in [1.29, 1.82) is 0 Å². The zero-order chi connectivity index (χ0) is 12.7. The molecule has 17 heavy (non-hydrogen) atoms. The molecule has 3 N–H and O–H groups in total. The van der Waals surface area contributed by atoms with E-state index in [-0.39, 0.29) is 6.61 Å². The Morgan fingerprint density at radius 2 is 1.88 bits per heavy atom. The van der Waals surface area contributed by atoms with Gasteiger partial charge in [0.25, 0.3) is 0 Å². The van der Waals surface area contributed by atoms with Crippen LogP contribution in [0.4, 0.5) is 0 Å². The molecule has 0 aliphatic carbocycles. The van der Waals surface area contributed by atoms with Crippen molar-refractivity contribution in [3.63, 3.8) is 0 Å². The molecule has 94 valence electrons. The Kier molecular flexibility index (Phi) is 5.44. The first-order chi connectivity index (χ1) is 7.99. The molecule has 0 unspecified atom stereocenters. The van der Waals surface area contributed by atoms with E-state index in [1.807, 2.05) is 44.2 Å². The van der Waals surface area contributed by atoms with Crippen molar-refractivity contribution in [3.8, 4) is 5.75 Å². The molecule has 0 aromatic heterocycles. The van der Waals surface area contributed by atoms with Crippen LogP contribution >= 0.6 is 0 Å². The van der Waals surface area contributed by atoms with Crippen LogP contribution in [0.5, 0.6) is 5.75 Å². The summed E-state index contributed by atoms with van der Waals surface area (Å²) in [5, 5.41) is 20.1. The highest BCUT2D eigenvalue weighted by Crippen LogP contribution is 2.15. The smallest absolute Gasteiger partial charge is 0.473 e. The van der Waals surface area contributed by atoms with Gasteiger partial charge < -0.3 is 19.4 Å². The van der Waals surface area contributed by atoms with Crippen molar-refractivity contribution in [2.24, 2.45) is 0 Å². The van der Waals surface area contributed by atoms with Gasteiger partial charge in [-0.1, -0.05) is 18.2 Å². The van der Waals surface area contributed by atoms with E-state index in [0.29, 0.717) is 6.54 Å². The van der Waals surface area contributed by atoms with Gasteiger partial charge in [-0.05, 0) is 26.0 Å². The minimum atomic E-state index is -1.73. The van der Waals surface area contributed by atoms with Crippen LogP contribution in [-0.2, 0) is 4.65 Å². The Hall–Kier alpha value is -1.08. The van der Waals surface area contributed by atoms with Gasteiger partial charge in [0.2, 0.25) is 0 Å². The second kappa shape index (κ2) is 6.61. The third-order valence-electron chi connectivity index (χ3n) is 2.04. The van der Waals surface area contributed by atoms with E-state index in [2.05, 4.69) is 9.97 Å². The SMILES string of the molecule is CC(C)(NCCOB(O)O)Oc1ccccc1. The fourth-order valence-electron chi connectivity index (χ4n) is 1.34. The van der Waals surface area contributed by atoms with Crippen LogP contribution in [-0.4, -0.2) is 36.2 Å². The zero-order valence-electron chi connectivity index (χ0n) is 10.1. The summed E-state index contributed by atoms with van der Waals surface area (Å²) in [7, 11) is -1.73. The second-order valence-electron chi connectivity index (χ2n) is 4.05. The molecule has 0 spiro atoms. The highest BCUT2D eigenvalue weighted by molar-refractivity contribution is 6.32. The number of para-hydroxylation sites is 1. The van der Waals surface area contributed by atoms with Crippen LogP contribution in [0.2, 0.25) is 0 Å². The molecule has 6 heteroatoms. The number of benzene rings is 1. The molecule has 0 bridgehead atoms. The van der Waals surface area contributed by atoms with Crippen molar-refractivity contribution in [2.75, 3.05) is 13.2 Å². The Bertz CT molecular complexity index is 319. The molecule has 0 saturated heterocycles. The van der Waals surface area contributed by atoms with Crippen molar-refractivity contribution in [1.82, 2.24) is 5.32 Å². The summed E-state index contributed by atoms with van der Waals surface area (Å²) in [4.78, 5) is 0. The molecule has 0 aliphatic heterocycles. The highest BCUT2D eigenvalue weighted by atomic mass is 16.6.